The van der Waals surface area contributed by atoms with E-state index in [1.807, 2.05) is 22.6 Å². The summed E-state index contributed by atoms with van der Waals surface area (Å²) in [5, 5.41) is 0. The van der Waals surface area contributed by atoms with Crippen molar-refractivity contribution in [1.82, 2.24) is 19.9 Å². The lowest BCUT2D eigenvalue weighted by Crippen LogP contribution is -2.10. The number of nitrogens with two attached hydrogens (primary N) is 1. The predicted molar refractivity (Wildman–Crippen MR) is 51.6 cm³/mol. The van der Waals surface area contributed by atoms with Crippen LogP contribution in [0.25, 0.3) is 11.2 Å². The first kappa shape index (κ1) is 7.53. The second-order valence-corrected chi connectivity index (χ2v) is 3.20. The zero-order valence-corrected chi connectivity index (χ0v) is 7.92. The van der Waals surface area contributed by atoms with Crippen LogP contribution in [0.4, 0.5) is 5.95 Å². The van der Waals surface area contributed by atoms with Crippen molar-refractivity contribution in [3.63, 3.8) is 0 Å². The summed E-state index contributed by atoms with van der Waals surface area (Å²) >= 11 is 1.96. The van der Waals surface area contributed by atoms with Crippen LogP contribution in [0.5, 0.6) is 0 Å². The predicted octanol–water partition coefficient (Wildman–Crippen LogP) is -0.167. The molecule has 4 N–H and O–H groups in total. The number of H-pyrrole nitrogens is 2. The highest BCUT2D eigenvalue weighted by molar-refractivity contribution is 14.1. The lowest BCUT2D eigenvalue weighted by atomic mass is 10.5. The zero-order chi connectivity index (χ0) is 8.72. The number of halogens is 1. The van der Waals surface area contributed by atoms with Crippen molar-refractivity contribution in [2.45, 2.75) is 0 Å². The van der Waals surface area contributed by atoms with Gasteiger partial charge in [-0.3, -0.25) is 9.78 Å². The van der Waals surface area contributed by atoms with Crippen molar-refractivity contribution in [2.75, 3.05) is 5.73 Å². The first-order valence-corrected chi connectivity index (χ1v) is 4.15. The van der Waals surface area contributed by atoms with Gasteiger partial charge in [-0.1, -0.05) is 0 Å². The topological polar surface area (TPSA) is 100 Å². The van der Waals surface area contributed by atoms with Crippen LogP contribution in [0.1, 0.15) is 0 Å². The van der Waals surface area contributed by atoms with E-state index in [-0.39, 0.29) is 11.5 Å². The number of fused-ring (bicyclic) bond motifs is 1. The minimum Gasteiger partial charge on any atom is -0.369 e. The van der Waals surface area contributed by atoms with Crippen LogP contribution in [0, 0.1) is 3.83 Å². The molecule has 2 aromatic rings. The van der Waals surface area contributed by atoms with Crippen molar-refractivity contribution in [2.24, 2.45) is 0 Å². The summed E-state index contributed by atoms with van der Waals surface area (Å²) in [6.45, 7) is 0. The fourth-order valence-electron chi connectivity index (χ4n) is 0.896. The van der Waals surface area contributed by atoms with Gasteiger partial charge >= 0.3 is 0 Å². The summed E-state index contributed by atoms with van der Waals surface area (Å²) in [7, 11) is 0. The van der Waals surface area contributed by atoms with Gasteiger partial charge in [0.2, 0.25) is 5.95 Å². The fourth-order valence-corrected chi connectivity index (χ4v) is 1.39. The molecular formula is C5H4IN5O. The molecule has 0 aliphatic rings. The van der Waals surface area contributed by atoms with E-state index in [1.165, 1.54) is 0 Å². The largest absolute Gasteiger partial charge is 0.369 e. The van der Waals surface area contributed by atoms with Crippen LogP contribution >= 0.6 is 22.6 Å². The molecule has 6 nitrogen and oxygen atoms in total. The summed E-state index contributed by atoms with van der Waals surface area (Å²) < 4.78 is 0.617. The summed E-state index contributed by atoms with van der Waals surface area (Å²) in [4.78, 5) is 24.1. The third-order valence-electron chi connectivity index (χ3n) is 1.35. The Morgan fingerprint density at radius 1 is 1.33 bits per heavy atom. The Hall–Kier alpha value is -1.12. The first-order valence-electron chi connectivity index (χ1n) is 3.08. The van der Waals surface area contributed by atoms with Gasteiger partial charge < -0.3 is 10.7 Å². The smallest absolute Gasteiger partial charge is 0.278 e. The number of aromatic amines is 2. The van der Waals surface area contributed by atoms with Crippen LogP contribution in [-0.2, 0) is 0 Å². The summed E-state index contributed by atoms with van der Waals surface area (Å²) in [6.07, 6.45) is 0. The quantitative estimate of drug-likeness (QED) is 0.460. The number of rotatable bonds is 0. The van der Waals surface area contributed by atoms with Crippen molar-refractivity contribution in [3.05, 3.63) is 14.2 Å². The molecule has 2 aromatic heterocycles. The Balaban J connectivity index is 2.98. The third-order valence-corrected chi connectivity index (χ3v) is 1.86. The van der Waals surface area contributed by atoms with Gasteiger partial charge in [0, 0.05) is 0 Å². The van der Waals surface area contributed by atoms with Gasteiger partial charge in [0.05, 0.1) is 0 Å². The molecule has 7 heteroatoms. The molecule has 2 rings (SSSR count). The second kappa shape index (κ2) is 2.44. The summed E-state index contributed by atoms with van der Waals surface area (Å²) in [5.41, 5.74) is 5.72. The molecule has 12 heavy (non-hydrogen) atoms. The van der Waals surface area contributed by atoms with E-state index in [0.29, 0.717) is 15.0 Å². The molecule has 0 atom stereocenters. The molecule has 0 amide bonds. The Morgan fingerprint density at radius 3 is 2.83 bits per heavy atom. The van der Waals surface area contributed by atoms with Gasteiger partial charge in [-0.25, -0.2) is 4.98 Å². The Kier molecular flexibility index (Phi) is 1.53. The Labute approximate surface area is 79.7 Å². The molecule has 0 aliphatic heterocycles. The molecule has 0 fully saturated rings. The standard InChI is InChI=1S/C5H4IN5O/c6-4-8-1-2(9-4)10-5(7)11-3(1)12/h(H4,7,8,9,10,11,12). The average molecular weight is 277 g/mol. The summed E-state index contributed by atoms with van der Waals surface area (Å²) in [6, 6.07) is 0. The van der Waals surface area contributed by atoms with Crippen LogP contribution in [0.2, 0.25) is 0 Å². The Morgan fingerprint density at radius 2 is 2.08 bits per heavy atom. The maximum atomic E-state index is 11.2. The second-order valence-electron chi connectivity index (χ2n) is 2.18. The van der Waals surface area contributed by atoms with Gasteiger partial charge in [-0.2, -0.15) is 4.98 Å². The van der Waals surface area contributed by atoms with E-state index >= 15 is 0 Å². The van der Waals surface area contributed by atoms with E-state index in [0.717, 1.165) is 0 Å². The van der Waals surface area contributed by atoms with E-state index in [4.69, 9.17) is 5.73 Å². The zero-order valence-electron chi connectivity index (χ0n) is 5.76. The number of hydrogen-bond acceptors (Lipinski definition) is 4. The van der Waals surface area contributed by atoms with Crippen LogP contribution in [0.3, 0.4) is 0 Å². The van der Waals surface area contributed by atoms with Crippen molar-refractivity contribution < 1.29 is 0 Å². The molecule has 0 aromatic carbocycles. The molecule has 0 spiro atoms. The lowest BCUT2D eigenvalue weighted by Gasteiger charge is -1.89. The molecule has 62 valence electrons. The summed E-state index contributed by atoms with van der Waals surface area (Å²) in [5.74, 6) is 0.0791. The normalized spacial score (nSPS) is 10.8. The number of aromatic nitrogens is 4. The van der Waals surface area contributed by atoms with E-state index in [1.54, 1.807) is 0 Å². The first-order chi connectivity index (χ1) is 5.66. The SMILES string of the molecule is Nc1nc2nc(I)[nH]c2c(=O)[nH]1. The molecule has 2 heterocycles. The number of imidazole rings is 1. The van der Waals surface area contributed by atoms with Gasteiger partial charge in [0.15, 0.2) is 15.0 Å². The van der Waals surface area contributed by atoms with Gasteiger partial charge in [0.1, 0.15) is 0 Å². The number of nitrogens with one attached hydrogen (secondary N) is 2. The number of nitrogen functional groups attached to an aromatic ring is 1. The van der Waals surface area contributed by atoms with E-state index in [9.17, 15) is 4.79 Å². The van der Waals surface area contributed by atoms with Gasteiger partial charge in [-0.15, -0.1) is 0 Å². The monoisotopic (exact) mass is 277 g/mol. The Bertz CT molecular complexity index is 486. The van der Waals surface area contributed by atoms with Crippen molar-refractivity contribution in [1.29, 1.82) is 0 Å². The highest BCUT2D eigenvalue weighted by Gasteiger charge is 2.05. The van der Waals surface area contributed by atoms with Gasteiger partial charge in [0.25, 0.3) is 5.56 Å². The molecular weight excluding hydrogens is 273 g/mol. The van der Waals surface area contributed by atoms with Crippen LogP contribution < -0.4 is 11.3 Å². The molecule has 0 bridgehead atoms. The lowest BCUT2D eigenvalue weighted by molar-refractivity contribution is 1.17. The number of anilines is 1. The van der Waals surface area contributed by atoms with Crippen molar-refractivity contribution in [3.8, 4) is 0 Å². The van der Waals surface area contributed by atoms with E-state index in [2.05, 4.69) is 19.9 Å². The molecule has 0 saturated heterocycles. The highest BCUT2D eigenvalue weighted by atomic mass is 127. The van der Waals surface area contributed by atoms with Gasteiger partial charge in [-0.05, 0) is 22.6 Å². The fraction of sp³-hybridized carbons (Fsp3) is 0. The minimum absolute atomic E-state index is 0.0791. The maximum Gasteiger partial charge on any atom is 0.278 e. The van der Waals surface area contributed by atoms with E-state index < -0.39 is 0 Å². The molecule has 0 saturated carbocycles. The number of nitrogens with zero attached hydrogens (tertiary/aromatic N) is 2. The van der Waals surface area contributed by atoms with Crippen molar-refractivity contribution >= 4 is 39.7 Å². The maximum absolute atomic E-state index is 11.2. The third kappa shape index (κ3) is 1.05. The molecule has 0 unspecified atom stereocenters. The van der Waals surface area contributed by atoms with Crippen LogP contribution in [0.15, 0.2) is 4.79 Å². The van der Waals surface area contributed by atoms with Crippen LogP contribution in [-0.4, -0.2) is 19.9 Å². The average Bonchev–Trinajstić information content (AvgIpc) is 2.29. The number of hydrogen-bond donors (Lipinski definition) is 3. The molecule has 0 radical (unpaired) electrons. The minimum atomic E-state index is -0.298. The molecule has 0 aliphatic carbocycles. The highest BCUT2D eigenvalue weighted by Crippen LogP contribution is 2.05.